The van der Waals surface area contributed by atoms with E-state index in [0.717, 1.165) is 0 Å². The number of hydrogen-bond donors (Lipinski definition) is 2. The van der Waals surface area contributed by atoms with E-state index in [4.69, 9.17) is 4.74 Å². The number of alkyl halides is 2. The molecule has 0 unspecified atom stereocenters. The van der Waals surface area contributed by atoms with Crippen molar-refractivity contribution in [3.63, 3.8) is 0 Å². The zero-order valence-electron chi connectivity index (χ0n) is 12.4. The summed E-state index contributed by atoms with van der Waals surface area (Å²) in [5.74, 6) is 0.531. The molecule has 0 heterocycles. The highest BCUT2D eigenvalue weighted by atomic mass is 19.3. The van der Waals surface area contributed by atoms with Gasteiger partial charge in [-0.05, 0) is 48.5 Å². The number of amides is 1. The molecule has 0 aliphatic carbocycles. The molecule has 2 aromatic carbocycles. The maximum atomic E-state index is 12.0. The Bertz CT molecular complexity index is 631. The Labute approximate surface area is 132 Å². The van der Waals surface area contributed by atoms with E-state index in [1.807, 2.05) is 0 Å². The normalized spacial score (nSPS) is 10.3. The number of nitrogens with one attached hydrogen (secondary N) is 2. The first-order chi connectivity index (χ1) is 11.1. The molecule has 0 saturated heterocycles. The van der Waals surface area contributed by atoms with Gasteiger partial charge >= 0.3 is 6.61 Å². The van der Waals surface area contributed by atoms with Crippen molar-refractivity contribution in [3.05, 3.63) is 48.5 Å². The Kier molecular flexibility index (Phi) is 5.74. The number of methoxy groups -OCH3 is 1. The molecule has 0 aliphatic heterocycles. The lowest BCUT2D eigenvalue weighted by Gasteiger charge is -2.09. The van der Waals surface area contributed by atoms with Gasteiger partial charge in [-0.2, -0.15) is 8.78 Å². The minimum atomic E-state index is -2.86. The summed E-state index contributed by atoms with van der Waals surface area (Å²) in [6.07, 6.45) is 0. The highest BCUT2D eigenvalue weighted by molar-refractivity contribution is 5.93. The van der Waals surface area contributed by atoms with Crippen LogP contribution in [0, 0.1) is 0 Å². The van der Waals surface area contributed by atoms with Gasteiger partial charge in [-0.25, -0.2) is 0 Å². The standard InChI is InChI=1S/C16H16F2N2O3/c1-22-13-6-4-12(5-7-13)20-15(21)10-19-11-2-8-14(9-3-11)23-16(17)18/h2-9,16,19H,10H2,1H3,(H,20,21). The van der Waals surface area contributed by atoms with E-state index in [-0.39, 0.29) is 18.2 Å². The van der Waals surface area contributed by atoms with Crippen LogP contribution in [0.15, 0.2) is 48.5 Å². The summed E-state index contributed by atoms with van der Waals surface area (Å²) >= 11 is 0. The predicted molar refractivity (Wildman–Crippen MR) is 83.2 cm³/mol. The first kappa shape index (κ1) is 16.5. The second kappa shape index (κ2) is 7.98. The summed E-state index contributed by atoms with van der Waals surface area (Å²) in [6.45, 7) is -2.81. The molecule has 0 spiro atoms. The van der Waals surface area contributed by atoms with E-state index in [0.29, 0.717) is 17.1 Å². The topological polar surface area (TPSA) is 59.6 Å². The summed E-state index contributed by atoms with van der Waals surface area (Å²) in [4.78, 5) is 11.8. The van der Waals surface area contributed by atoms with Crippen LogP contribution in [0.25, 0.3) is 0 Å². The van der Waals surface area contributed by atoms with E-state index in [2.05, 4.69) is 15.4 Å². The van der Waals surface area contributed by atoms with Crippen molar-refractivity contribution < 1.29 is 23.0 Å². The largest absolute Gasteiger partial charge is 0.497 e. The van der Waals surface area contributed by atoms with E-state index in [1.54, 1.807) is 43.5 Å². The summed E-state index contributed by atoms with van der Waals surface area (Å²) < 4.78 is 33.3. The smallest absolute Gasteiger partial charge is 0.387 e. The van der Waals surface area contributed by atoms with Crippen LogP contribution in [-0.2, 0) is 4.79 Å². The van der Waals surface area contributed by atoms with Crippen molar-refractivity contribution in [2.24, 2.45) is 0 Å². The minimum Gasteiger partial charge on any atom is -0.497 e. The average Bonchev–Trinajstić information content (AvgIpc) is 2.54. The monoisotopic (exact) mass is 322 g/mol. The molecule has 0 radical (unpaired) electrons. The van der Waals surface area contributed by atoms with Crippen LogP contribution in [0.2, 0.25) is 0 Å². The molecular weight excluding hydrogens is 306 g/mol. The van der Waals surface area contributed by atoms with Crippen LogP contribution >= 0.6 is 0 Å². The molecule has 2 N–H and O–H groups in total. The predicted octanol–water partition coefficient (Wildman–Crippen LogP) is 3.35. The highest BCUT2D eigenvalue weighted by Crippen LogP contribution is 2.18. The van der Waals surface area contributed by atoms with Crippen LogP contribution in [-0.4, -0.2) is 26.2 Å². The molecule has 2 aromatic rings. The van der Waals surface area contributed by atoms with E-state index < -0.39 is 6.61 Å². The number of rotatable bonds is 7. The number of halogens is 2. The third-order valence-electron chi connectivity index (χ3n) is 2.91. The maximum Gasteiger partial charge on any atom is 0.387 e. The van der Waals surface area contributed by atoms with Gasteiger partial charge in [-0.3, -0.25) is 4.79 Å². The van der Waals surface area contributed by atoms with Gasteiger partial charge in [0.25, 0.3) is 0 Å². The molecule has 2 rings (SSSR count). The fraction of sp³-hybridized carbons (Fsp3) is 0.188. The van der Waals surface area contributed by atoms with Gasteiger partial charge in [0.2, 0.25) is 5.91 Å². The summed E-state index contributed by atoms with van der Waals surface area (Å²) in [5.41, 5.74) is 1.27. The zero-order valence-corrected chi connectivity index (χ0v) is 12.4. The van der Waals surface area contributed by atoms with Gasteiger partial charge in [0.15, 0.2) is 0 Å². The first-order valence-corrected chi connectivity index (χ1v) is 6.79. The molecular formula is C16H16F2N2O3. The SMILES string of the molecule is COc1ccc(NC(=O)CNc2ccc(OC(F)F)cc2)cc1. The number of carbonyl (C=O) groups is 1. The lowest BCUT2D eigenvalue weighted by molar-refractivity contribution is -0.114. The molecule has 7 heteroatoms. The van der Waals surface area contributed by atoms with E-state index >= 15 is 0 Å². The number of carbonyl (C=O) groups excluding carboxylic acids is 1. The van der Waals surface area contributed by atoms with Crippen LogP contribution in [0.3, 0.4) is 0 Å². The Morgan fingerprint density at radius 3 is 2.13 bits per heavy atom. The molecule has 23 heavy (non-hydrogen) atoms. The van der Waals surface area contributed by atoms with Crippen LogP contribution in [0.1, 0.15) is 0 Å². The Morgan fingerprint density at radius 2 is 1.57 bits per heavy atom. The van der Waals surface area contributed by atoms with Crippen molar-refractivity contribution in [1.29, 1.82) is 0 Å². The third kappa shape index (κ3) is 5.46. The molecule has 5 nitrogen and oxygen atoms in total. The van der Waals surface area contributed by atoms with E-state index in [9.17, 15) is 13.6 Å². The molecule has 0 aliphatic rings. The first-order valence-electron chi connectivity index (χ1n) is 6.79. The molecule has 0 bridgehead atoms. The lowest BCUT2D eigenvalue weighted by atomic mass is 10.3. The van der Waals surface area contributed by atoms with Gasteiger partial charge < -0.3 is 20.1 Å². The van der Waals surface area contributed by atoms with Crippen LogP contribution in [0.4, 0.5) is 20.2 Å². The van der Waals surface area contributed by atoms with Crippen LogP contribution < -0.4 is 20.1 Å². The maximum absolute atomic E-state index is 12.0. The molecule has 1 amide bonds. The minimum absolute atomic E-state index is 0.0427. The molecule has 0 saturated carbocycles. The molecule has 122 valence electrons. The van der Waals surface area contributed by atoms with Gasteiger partial charge in [0.1, 0.15) is 11.5 Å². The molecule has 0 atom stereocenters. The average molecular weight is 322 g/mol. The zero-order chi connectivity index (χ0) is 16.7. The fourth-order valence-electron chi connectivity index (χ4n) is 1.82. The highest BCUT2D eigenvalue weighted by Gasteiger charge is 2.05. The van der Waals surface area contributed by atoms with Crippen LogP contribution in [0.5, 0.6) is 11.5 Å². The Balaban J connectivity index is 1.81. The Hall–Kier alpha value is -2.83. The van der Waals surface area contributed by atoms with Crippen molar-refractivity contribution in [2.75, 3.05) is 24.3 Å². The van der Waals surface area contributed by atoms with E-state index in [1.165, 1.54) is 12.1 Å². The van der Waals surface area contributed by atoms with Gasteiger partial charge in [-0.15, -0.1) is 0 Å². The molecule has 0 aromatic heterocycles. The third-order valence-corrected chi connectivity index (χ3v) is 2.91. The summed E-state index contributed by atoms with van der Waals surface area (Å²) in [6, 6.07) is 12.8. The fourth-order valence-corrected chi connectivity index (χ4v) is 1.82. The van der Waals surface area contributed by atoms with Gasteiger partial charge in [0, 0.05) is 11.4 Å². The number of ether oxygens (including phenoxy) is 2. The molecule has 0 fully saturated rings. The summed E-state index contributed by atoms with van der Waals surface area (Å²) in [5, 5.41) is 5.61. The number of benzene rings is 2. The lowest BCUT2D eigenvalue weighted by Crippen LogP contribution is -2.21. The van der Waals surface area contributed by atoms with Gasteiger partial charge in [-0.1, -0.05) is 0 Å². The second-order valence-corrected chi connectivity index (χ2v) is 4.53. The van der Waals surface area contributed by atoms with Crippen molar-refractivity contribution >= 4 is 17.3 Å². The van der Waals surface area contributed by atoms with Gasteiger partial charge in [0.05, 0.1) is 13.7 Å². The quantitative estimate of drug-likeness (QED) is 0.821. The van der Waals surface area contributed by atoms with Crippen molar-refractivity contribution in [1.82, 2.24) is 0 Å². The summed E-state index contributed by atoms with van der Waals surface area (Å²) in [7, 11) is 1.56. The Morgan fingerprint density at radius 1 is 1.00 bits per heavy atom. The van der Waals surface area contributed by atoms with Crippen molar-refractivity contribution in [3.8, 4) is 11.5 Å². The van der Waals surface area contributed by atoms with Crippen molar-refractivity contribution in [2.45, 2.75) is 6.61 Å². The number of anilines is 2. The second-order valence-electron chi connectivity index (χ2n) is 4.53. The number of hydrogen-bond acceptors (Lipinski definition) is 4.